The molecule has 0 spiro atoms. The minimum absolute atomic E-state index is 1.35. The van der Waals surface area contributed by atoms with Gasteiger partial charge >= 0.3 is 10.4 Å². The van der Waals surface area contributed by atoms with Crippen LogP contribution < -0.4 is 0 Å². The summed E-state index contributed by atoms with van der Waals surface area (Å²) in [7, 11) is -4.67. The van der Waals surface area contributed by atoms with E-state index in [1.807, 2.05) is 0 Å². The highest BCUT2D eigenvalue weighted by atomic mass is 32.3. The summed E-state index contributed by atoms with van der Waals surface area (Å²) in [4.78, 5) is 0. The Kier molecular flexibility index (Phi) is 4.76. The smallest absolute Gasteiger partial charge is 0.264 e. The van der Waals surface area contributed by atoms with Crippen LogP contribution >= 0.6 is 0 Å². The Morgan fingerprint density at radius 3 is 1.14 bits per heavy atom. The van der Waals surface area contributed by atoms with Gasteiger partial charge in [-0.05, 0) is 20.8 Å². The molecule has 80 valence electrons. The lowest BCUT2D eigenvalue weighted by molar-refractivity contribution is 0.381. The first-order valence-electron chi connectivity index (χ1n) is 3.93. The Morgan fingerprint density at radius 2 is 1.00 bits per heavy atom. The van der Waals surface area contributed by atoms with Gasteiger partial charge < -0.3 is 0 Å². The molecule has 1 rings (SSSR count). The normalized spacial score (nSPS) is 10.4. The van der Waals surface area contributed by atoms with Gasteiger partial charge in [0, 0.05) is 0 Å². The van der Waals surface area contributed by atoms with Gasteiger partial charge in [0.05, 0.1) is 0 Å². The number of aryl methyl sites for hydroxylation is 3. The van der Waals surface area contributed by atoms with Crippen LogP contribution in [0.3, 0.4) is 0 Å². The summed E-state index contributed by atoms with van der Waals surface area (Å²) in [6.45, 7) is 6.38. The molecule has 2 N–H and O–H groups in total. The van der Waals surface area contributed by atoms with Crippen LogP contribution in [0, 0.1) is 20.8 Å². The van der Waals surface area contributed by atoms with Gasteiger partial charge in [-0.25, -0.2) is 0 Å². The molecule has 0 radical (unpaired) electrons. The van der Waals surface area contributed by atoms with Gasteiger partial charge in [-0.3, -0.25) is 9.11 Å². The summed E-state index contributed by atoms with van der Waals surface area (Å²) >= 11 is 0. The SMILES string of the molecule is Cc1cc(C)cc(C)c1.O=S(=O)(O)O. The third-order valence-electron chi connectivity index (χ3n) is 1.37. The zero-order chi connectivity index (χ0) is 11.4. The zero-order valence-electron chi connectivity index (χ0n) is 8.35. The van der Waals surface area contributed by atoms with Gasteiger partial charge in [0.15, 0.2) is 0 Å². The second-order valence-corrected chi connectivity index (χ2v) is 4.01. The van der Waals surface area contributed by atoms with Crippen LogP contribution in [0.5, 0.6) is 0 Å². The Balaban J connectivity index is 0.000000292. The largest absolute Gasteiger partial charge is 0.394 e. The molecule has 14 heavy (non-hydrogen) atoms. The first-order chi connectivity index (χ1) is 6.18. The molecule has 0 bridgehead atoms. The van der Waals surface area contributed by atoms with E-state index in [0.717, 1.165) is 0 Å². The van der Waals surface area contributed by atoms with E-state index in [1.54, 1.807) is 0 Å². The lowest BCUT2D eigenvalue weighted by atomic mass is 10.1. The molecule has 0 saturated heterocycles. The van der Waals surface area contributed by atoms with Gasteiger partial charge in [-0.1, -0.05) is 34.9 Å². The molecule has 0 amide bonds. The molecule has 0 unspecified atom stereocenters. The Labute approximate surface area is 84.2 Å². The van der Waals surface area contributed by atoms with Crippen molar-refractivity contribution in [3.8, 4) is 0 Å². The summed E-state index contributed by atoms with van der Waals surface area (Å²) < 4.78 is 31.6. The molecule has 0 aliphatic carbocycles. The molecule has 0 aromatic heterocycles. The van der Waals surface area contributed by atoms with E-state index in [2.05, 4.69) is 39.0 Å². The number of hydrogen-bond acceptors (Lipinski definition) is 2. The standard InChI is InChI=1S/C9H12.H2O4S/c1-7-4-8(2)6-9(3)5-7;1-5(2,3)4/h4-6H,1-3H3;(H2,1,2,3,4). The van der Waals surface area contributed by atoms with Crippen molar-refractivity contribution in [3.05, 3.63) is 34.9 Å². The highest BCUT2D eigenvalue weighted by Crippen LogP contribution is 2.06. The van der Waals surface area contributed by atoms with Crippen molar-refractivity contribution in [3.63, 3.8) is 0 Å². The molecule has 0 saturated carbocycles. The maximum atomic E-state index is 8.74. The Hall–Kier alpha value is -0.910. The van der Waals surface area contributed by atoms with Crippen LogP contribution in [-0.4, -0.2) is 17.5 Å². The second-order valence-electron chi connectivity index (χ2n) is 3.11. The summed E-state index contributed by atoms with van der Waals surface area (Å²) in [6, 6.07) is 6.56. The average Bonchev–Trinajstić information content (AvgIpc) is 1.77. The predicted octanol–water partition coefficient (Wildman–Crippen LogP) is 1.96. The van der Waals surface area contributed by atoms with Crippen molar-refractivity contribution in [1.82, 2.24) is 0 Å². The van der Waals surface area contributed by atoms with Crippen LogP contribution in [0.15, 0.2) is 18.2 Å². The summed E-state index contributed by atoms with van der Waals surface area (Å²) in [5.74, 6) is 0. The van der Waals surface area contributed by atoms with Gasteiger partial charge in [0.25, 0.3) is 0 Å². The fourth-order valence-corrected chi connectivity index (χ4v) is 1.20. The van der Waals surface area contributed by atoms with E-state index in [-0.39, 0.29) is 0 Å². The first-order valence-corrected chi connectivity index (χ1v) is 5.33. The molecule has 5 heteroatoms. The maximum Gasteiger partial charge on any atom is 0.394 e. The minimum Gasteiger partial charge on any atom is -0.264 e. The minimum atomic E-state index is -4.67. The van der Waals surface area contributed by atoms with Crippen LogP contribution in [0.25, 0.3) is 0 Å². The second kappa shape index (κ2) is 5.09. The molecule has 0 aliphatic rings. The molecular formula is C9H14O4S. The molecule has 1 aromatic rings. The molecule has 0 heterocycles. The molecular weight excluding hydrogens is 204 g/mol. The highest BCUT2D eigenvalue weighted by Gasteiger charge is 1.87. The van der Waals surface area contributed by atoms with E-state index in [0.29, 0.717) is 0 Å². The third-order valence-corrected chi connectivity index (χ3v) is 1.37. The van der Waals surface area contributed by atoms with Gasteiger partial charge in [-0.2, -0.15) is 8.42 Å². The number of benzene rings is 1. The summed E-state index contributed by atoms with van der Waals surface area (Å²) in [5, 5.41) is 0. The topological polar surface area (TPSA) is 74.6 Å². The van der Waals surface area contributed by atoms with Crippen molar-refractivity contribution in [2.45, 2.75) is 20.8 Å². The quantitative estimate of drug-likeness (QED) is 0.653. The van der Waals surface area contributed by atoms with Crippen molar-refractivity contribution in [2.24, 2.45) is 0 Å². The van der Waals surface area contributed by atoms with Gasteiger partial charge in [0.1, 0.15) is 0 Å². The van der Waals surface area contributed by atoms with Crippen molar-refractivity contribution in [2.75, 3.05) is 0 Å². The van der Waals surface area contributed by atoms with Crippen molar-refractivity contribution >= 4 is 10.4 Å². The lowest BCUT2D eigenvalue weighted by Gasteiger charge is -1.96. The van der Waals surface area contributed by atoms with Crippen LogP contribution in [-0.2, 0) is 10.4 Å². The number of hydrogen-bond donors (Lipinski definition) is 2. The molecule has 0 aliphatic heterocycles. The van der Waals surface area contributed by atoms with Crippen LogP contribution in [0.4, 0.5) is 0 Å². The average molecular weight is 218 g/mol. The molecule has 1 aromatic carbocycles. The molecule has 0 atom stereocenters. The van der Waals surface area contributed by atoms with Gasteiger partial charge in [-0.15, -0.1) is 0 Å². The monoisotopic (exact) mass is 218 g/mol. The lowest BCUT2D eigenvalue weighted by Crippen LogP contribution is -1.89. The summed E-state index contributed by atoms with van der Waals surface area (Å²) in [5.41, 5.74) is 4.06. The van der Waals surface area contributed by atoms with Crippen molar-refractivity contribution < 1.29 is 17.5 Å². The van der Waals surface area contributed by atoms with Gasteiger partial charge in [0.2, 0.25) is 0 Å². The summed E-state index contributed by atoms with van der Waals surface area (Å²) in [6.07, 6.45) is 0. The van der Waals surface area contributed by atoms with E-state index < -0.39 is 10.4 Å². The van der Waals surface area contributed by atoms with E-state index >= 15 is 0 Å². The van der Waals surface area contributed by atoms with Crippen LogP contribution in [0.2, 0.25) is 0 Å². The Morgan fingerprint density at radius 1 is 0.857 bits per heavy atom. The molecule has 4 nitrogen and oxygen atoms in total. The fourth-order valence-electron chi connectivity index (χ4n) is 1.20. The third kappa shape index (κ3) is 9.18. The highest BCUT2D eigenvalue weighted by molar-refractivity contribution is 7.79. The molecule has 0 fully saturated rings. The first kappa shape index (κ1) is 13.1. The Bertz CT molecular complexity index is 337. The maximum absolute atomic E-state index is 8.74. The predicted molar refractivity (Wildman–Crippen MR) is 54.8 cm³/mol. The number of rotatable bonds is 0. The van der Waals surface area contributed by atoms with E-state index in [9.17, 15) is 0 Å². The fraction of sp³-hybridized carbons (Fsp3) is 0.333. The van der Waals surface area contributed by atoms with Crippen molar-refractivity contribution in [1.29, 1.82) is 0 Å². The van der Waals surface area contributed by atoms with Crippen LogP contribution in [0.1, 0.15) is 16.7 Å². The van der Waals surface area contributed by atoms with E-state index in [4.69, 9.17) is 17.5 Å². The van der Waals surface area contributed by atoms with E-state index in [1.165, 1.54) is 16.7 Å². The zero-order valence-corrected chi connectivity index (χ0v) is 9.17.